The molecule has 6 aromatic carbocycles. The molecular weight excluding hydrogens is 434 g/mol. The van der Waals surface area contributed by atoms with E-state index >= 15 is 0 Å². The first-order valence-corrected chi connectivity index (χ1v) is 12.7. The van der Waals surface area contributed by atoms with Crippen LogP contribution in [0.25, 0.3) is 54.9 Å². The van der Waals surface area contributed by atoms with Crippen molar-refractivity contribution >= 4 is 21.5 Å². The fraction of sp³-hybridized carbons (Fsp3) is 0.0857. The smallest absolute Gasteiger partial charge is 0.0208 e. The second-order valence-electron chi connectivity index (χ2n) is 9.76. The summed E-state index contributed by atoms with van der Waals surface area (Å²) in [7, 11) is 2.03. The van der Waals surface area contributed by atoms with E-state index < -0.39 is 0 Å². The second-order valence-corrected chi connectivity index (χ2v) is 9.76. The Hall–Kier alpha value is -4.20. The molecule has 1 aliphatic carbocycles. The quantitative estimate of drug-likeness (QED) is 0.277. The maximum Gasteiger partial charge on any atom is 0.0208 e. The number of rotatable bonds is 4. The lowest BCUT2D eigenvalue weighted by molar-refractivity contribution is 0.819. The molecule has 172 valence electrons. The van der Waals surface area contributed by atoms with Gasteiger partial charge in [0.1, 0.15) is 0 Å². The van der Waals surface area contributed by atoms with E-state index in [1.54, 1.807) is 0 Å². The molecule has 0 radical (unpaired) electrons. The first kappa shape index (κ1) is 21.1. The monoisotopic (exact) mass is 461 g/mol. The predicted octanol–water partition coefficient (Wildman–Crippen LogP) is 8.62. The predicted molar refractivity (Wildman–Crippen MR) is 153 cm³/mol. The van der Waals surface area contributed by atoms with Crippen LogP contribution in [0.3, 0.4) is 0 Å². The third-order valence-corrected chi connectivity index (χ3v) is 7.67. The van der Waals surface area contributed by atoms with Crippen LogP contribution in [-0.4, -0.2) is 7.05 Å². The summed E-state index contributed by atoms with van der Waals surface area (Å²) in [5, 5.41) is 8.55. The van der Waals surface area contributed by atoms with Crippen LogP contribution in [0.2, 0.25) is 0 Å². The van der Waals surface area contributed by atoms with Gasteiger partial charge in [-0.1, -0.05) is 103 Å². The van der Waals surface area contributed by atoms with Gasteiger partial charge in [-0.05, 0) is 97.2 Å². The summed E-state index contributed by atoms with van der Waals surface area (Å²) in [4.78, 5) is 0. The largest absolute Gasteiger partial charge is 0.316 e. The number of fused-ring (bicyclic) bond motifs is 5. The van der Waals surface area contributed by atoms with E-state index in [4.69, 9.17) is 0 Å². The highest BCUT2D eigenvalue weighted by Gasteiger charge is 2.26. The topological polar surface area (TPSA) is 12.0 Å². The Labute approximate surface area is 212 Å². The third-order valence-electron chi connectivity index (χ3n) is 7.67. The van der Waals surface area contributed by atoms with E-state index in [0.717, 1.165) is 13.0 Å². The van der Waals surface area contributed by atoms with Gasteiger partial charge >= 0.3 is 0 Å². The average Bonchev–Trinajstić information content (AvgIpc) is 3.32. The van der Waals surface area contributed by atoms with Crippen molar-refractivity contribution in [1.82, 2.24) is 5.32 Å². The van der Waals surface area contributed by atoms with Gasteiger partial charge in [0.05, 0.1) is 0 Å². The maximum atomic E-state index is 3.39. The van der Waals surface area contributed by atoms with Crippen LogP contribution in [-0.2, 0) is 13.0 Å². The fourth-order valence-corrected chi connectivity index (χ4v) is 6.09. The summed E-state index contributed by atoms with van der Waals surface area (Å²) in [5.41, 5.74) is 12.2. The average molecular weight is 462 g/mol. The van der Waals surface area contributed by atoms with Gasteiger partial charge in [0.15, 0.2) is 0 Å². The Morgan fingerprint density at radius 3 is 1.94 bits per heavy atom. The molecule has 0 aromatic heterocycles. The zero-order chi connectivity index (χ0) is 24.1. The van der Waals surface area contributed by atoms with Crippen molar-refractivity contribution in [3.8, 4) is 33.4 Å². The van der Waals surface area contributed by atoms with E-state index in [1.807, 2.05) is 7.05 Å². The van der Waals surface area contributed by atoms with Crippen molar-refractivity contribution in [2.24, 2.45) is 0 Å². The summed E-state index contributed by atoms with van der Waals surface area (Å²) in [6.45, 7) is 0.866. The van der Waals surface area contributed by atoms with E-state index in [-0.39, 0.29) is 0 Å². The molecule has 6 aromatic rings. The maximum absolute atomic E-state index is 3.39. The Morgan fingerprint density at radius 1 is 0.583 bits per heavy atom. The zero-order valence-corrected chi connectivity index (χ0v) is 20.4. The number of nitrogens with one attached hydrogen (secondary N) is 1. The molecule has 7 rings (SSSR count). The number of hydrogen-bond acceptors (Lipinski definition) is 1. The van der Waals surface area contributed by atoms with Crippen LogP contribution in [0.1, 0.15) is 16.7 Å². The number of benzene rings is 6. The van der Waals surface area contributed by atoms with Gasteiger partial charge in [0.2, 0.25) is 0 Å². The molecule has 0 spiro atoms. The van der Waals surface area contributed by atoms with Crippen LogP contribution in [0, 0.1) is 0 Å². The highest BCUT2D eigenvalue weighted by molar-refractivity contribution is 6.03. The zero-order valence-electron chi connectivity index (χ0n) is 20.4. The fourth-order valence-electron chi connectivity index (χ4n) is 6.09. The second kappa shape index (κ2) is 8.48. The van der Waals surface area contributed by atoms with Gasteiger partial charge in [-0.15, -0.1) is 0 Å². The molecule has 36 heavy (non-hydrogen) atoms. The molecule has 0 saturated heterocycles. The molecule has 0 unspecified atom stereocenters. The first-order chi connectivity index (χ1) is 17.8. The molecular formula is C35H27N. The SMILES string of the molecule is CNCc1cccc2c1-c1cc(-c3cccc4ccccc34)cc(-c3cccc4ccccc34)c1C2. The van der Waals surface area contributed by atoms with E-state index in [2.05, 4.69) is 121 Å². The minimum Gasteiger partial charge on any atom is -0.316 e. The van der Waals surface area contributed by atoms with Gasteiger partial charge in [-0.3, -0.25) is 0 Å². The first-order valence-electron chi connectivity index (χ1n) is 12.7. The van der Waals surface area contributed by atoms with Crippen molar-refractivity contribution in [3.05, 3.63) is 132 Å². The molecule has 0 heterocycles. The van der Waals surface area contributed by atoms with Crippen molar-refractivity contribution in [2.75, 3.05) is 7.05 Å². The summed E-state index contributed by atoms with van der Waals surface area (Å²) >= 11 is 0. The lowest BCUT2D eigenvalue weighted by Crippen LogP contribution is -2.06. The Balaban J connectivity index is 1.57. The summed E-state index contributed by atoms with van der Waals surface area (Å²) < 4.78 is 0. The Kier molecular flexibility index (Phi) is 4.97. The van der Waals surface area contributed by atoms with E-state index in [0.29, 0.717) is 0 Å². The van der Waals surface area contributed by atoms with Crippen LogP contribution in [0.15, 0.2) is 115 Å². The minimum atomic E-state index is 0.866. The summed E-state index contributed by atoms with van der Waals surface area (Å²) in [5.74, 6) is 0. The van der Waals surface area contributed by atoms with E-state index in [1.165, 1.54) is 71.6 Å². The standard InChI is InChI=1S/C35H27N/c1-36-22-26-14-6-13-25-19-33-32(31-18-8-12-24-10-3-5-16-29(24)31)20-27(21-34(33)35(25)26)30-17-7-11-23-9-2-4-15-28(23)30/h2-18,20-21,36H,19,22H2,1H3. The normalized spacial score (nSPS) is 12.1. The van der Waals surface area contributed by atoms with Crippen molar-refractivity contribution in [2.45, 2.75) is 13.0 Å². The van der Waals surface area contributed by atoms with Crippen molar-refractivity contribution in [1.29, 1.82) is 0 Å². The highest BCUT2D eigenvalue weighted by atomic mass is 14.8. The molecule has 1 N–H and O–H groups in total. The van der Waals surface area contributed by atoms with Gasteiger partial charge < -0.3 is 5.32 Å². The molecule has 0 bridgehead atoms. The lowest BCUT2D eigenvalue weighted by atomic mass is 9.87. The van der Waals surface area contributed by atoms with E-state index in [9.17, 15) is 0 Å². The summed E-state index contributed by atoms with van der Waals surface area (Å²) in [6, 6.07) is 42.5. The molecule has 0 aliphatic heterocycles. The van der Waals surface area contributed by atoms with Crippen molar-refractivity contribution in [3.63, 3.8) is 0 Å². The number of hydrogen-bond donors (Lipinski definition) is 1. The Bertz CT molecular complexity index is 1770. The molecule has 1 nitrogen and oxygen atoms in total. The van der Waals surface area contributed by atoms with Crippen molar-refractivity contribution < 1.29 is 0 Å². The third kappa shape index (κ3) is 3.28. The molecule has 0 fully saturated rings. The molecule has 0 amide bonds. The van der Waals surface area contributed by atoms with Crippen LogP contribution in [0.4, 0.5) is 0 Å². The molecule has 1 aliphatic rings. The highest BCUT2D eigenvalue weighted by Crippen LogP contribution is 2.47. The summed E-state index contributed by atoms with van der Waals surface area (Å²) in [6.07, 6.45) is 0.969. The van der Waals surface area contributed by atoms with Crippen LogP contribution in [0.5, 0.6) is 0 Å². The molecule has 1 heteroatoms. The van der Waals surface area contributed by atoms with Gasteiger partial charge in [-0.2, -0.15) is 0 Å². The molecule has 0 atom stereocenters. The van der Waals surface area contributed by atoms with Gasteiger partial charge in [0, 0.05) is 6.54 Å². The van der Waals surface area contributed by atoms with Gasteiger partial charge in [-0.25, -0.2) is 0 Å². The molecule has 0 saturated carbocycles. The lowest BCUT2D eigenvalue weighted by Gasteiger charge is -2.17. The Morgan fingerprint density at radius 2 is 1.19 bits per heavy atom. The minimum absolute atomic E-state index is 0.866. The van der Waals surface area contributed by atoms with Crippen LogP contribution >= 0.6 is 0 Å². The van der Waals surface area contributed by atoms with Crippen LogP contribution < -0.4 is 5.32 Å². The van der Waals surface area contributed by atoms with Gasteiger partial charge in [0.25, 0.3) is 0 Å².